The number of carbonyl (C=O) groups is 3. The number of benzene rings is 3. The topological polar surface area (TPSA) is 87.7 Å². The van der Waals surface area contributed by atoms with Crippen LogP contribution in [-0.4, -0.2) is 29.5 Å². The summed E-state index contributed by atoms with van der Waals surface area (Å²) in [6.45, 7) is 1.24. The Kier molecular flexibility index (Phi) is 5.41. The number of nitrogens with one attached hydrogen (secondary N) is 2. The van der Waals surface area contributed by atoms with Crippen molar-refractivity contribution in [3.8, 4) is 16.9 Å². The number of nitrogens with zero attached hydrogens (tertiary/aromatic N) is 1. The molecule has 4 rings (SSSR count). The van der Waals surface area contributed by atoms with Gasteiger partial charge in [-0.2, -0.15) is 5.01 Å². The molecule has 156 valence electrons. The number of carbonyl (C=O) groups excluding carboxylic acids is 3. The summed E-state index contributed by atoms with van der Waals surface area (Å²) in [7, 11) is 0. The lowest BCUT2D eigenvalue weighted by atomic mass is 9.92. The predicted octanol–water partition coefficient (Wildman–Crippen LogP) is 3.23. The highest BCUT2D eigenvalue weighted by molar-refractivity contribution is 6.08. The first kappa shape index (κ1) is 20.2. The van der Waals surface area contributed by atoms with Crippen molar-refractivity contribution >= 4 is 17.8 Å². The van der Waals surface area contributed by atoms with Crippen LogP contribution in [0.2, 0.25) is 0 Å². The quantitative estimate of drug-likeness (QED) is 0.605. The van der Waals surface area contributed by atoms with Crippen molar-refractivity contribution in [1.29, 1.82) is 0 Å². The van der Waals surface area contributed by atoms with Crippen molar-refractivity contribution in [3.63, 3.8) is 0 Å². The van der Waals surface area contributed by atoms with E-state index in [2.05, 4.69) is 10.7 Å². The Morgan fingerprint density at radius 2 is 1.55 bits per heavy atom. The number of hydrazine groups is 1. The summed E-state index contributed by atoms with van der Waals surface area (Å²) in [5.41, 5.74) is 3.49. The smallest absolute Gasteiger partial charge is 0.344 e. The van der Waals surface area contributed by atoms with Crippen LogP contribution in [0, 0.1) is 0 Å². The molecule has 0 radical (unpaired) electrons. The van der Waals surface area contributed by atoms with Gasteiger partial charge in [-0.3, -0.25) is 15.0 Å². The van der Waals surface area contributed by atoms with Crippen LogP contribution in [0.5, 0.6) is 5.75 Å². The molecule has 0 aromatic heterocycles. The maximum Gasteiger partial charge on any atom is 0.344 e. The number of hydrogen-bond acceptors (Lipinski definition) is 4. The highest BCUT2D eigenvalue weighted by atomic mass is 16.5. The van der Waals surface area contributed by atoms with E-state index in [0.29, 0.717) is 16.3 Å². The van der Waals surface area contributed by atoms with E-state index in [1.165, 1.54) is 0 Å². The van der Waals surface area contributed by atoms with Crippen molar-refractivity contribution in [2.24, 2.45) is 0 Å². The fourth-order valence-corrected chi connectivity index (χ4v) is 3.46. The summed E-state index contributed by atoms with van der Waals surface area (Å²) in [6.07, 6.45) is 0. The first-order valence-corrected chi connectivity index (χ1v) is 9.78. The van der Waals surface area contributed by atoms with Crippen LogP contribution in [0.3, 0.4) is 0 Å². The van der Waals surface area contributed by atoms with E-state index in [4.69, 9.17) is 4.74 Å². The van der Waals surface area contributed by atoms with Crippen LogP contribution >= 0.6 is 0 Å². The zero-order chi connectivity index (χ0) is 21.8. The third-order valence-corrected chi connectivity index (χ3v) is 5.11. The SMILES string of the molecule is C[C@@]1(c2ccccc2)NC(=O)N(NC(=O)COc2ccccc2-c2ccccc2)C1=O. The number of ether oxygens (including phenoxy) is 1. The molecule has 1 fully saturated rings. The van der Waals surface area contributed by atoms with E-state index in [-0.39, 0.29) is 6.61 Å². The second-order valence-corrected chi connectivity index (χ2v) is 7.25. The molecule has 7 heteroatoms. The van der Waals surface area contributed by atoms with Gasteiger partial charge in [0.05, 0.1) is 0 Å². The van der Waals surface area contributed by atoms with E-state index >= 15 is 0 Å². The van der Waals surface area contributed by atoms with Crippen molar-refractivity contribution in [1.82, 2.24) is 15.8 Å². The highest BCUT2D eigenvalue weighted by Crippen LogP contribution is 2.30. The Balaban J connectivity index is 1.44. The van der Waals surface area contributed by atoms with E-state index < -0.39 is 23.4 Å². The first-order valence-electron chi connectivity index (χ1n) is 9.78. The Morgan fingerprint density at radius 3 is 2.26 bits per heavy atom. The number of imide groups is 1. The van der Waals surface area contributed by atoms with Crippen LogP contribution in [-0.2, 0) is 15.1 Å². The summed E-state index contributed by atoms with van der Waals surface area (Å²) in [5.74, 6) is -0.666. The fourth-order valence-electron chi connectivity index (χ4n) is 3.46. The molecule has 1 saturated heterocycles. The minimum atomic E-state index is -1.26. The van der Waals surface area contributed by atoms with E-state index in [1.807, 2.05) is 54.6 Å². The molecule has 3 aromatic rings. The third-order valence-electron chi connectivity index (χ3n) is 5.11. The highest BCUT2D eigenvalue weighted by Gasteiger charge is 2.49. The minimum absolute atomic E-state index is 0.358. The number of amides is 4. The summed E-state index contributed by atoms with van der Waals surface area (Å²) in [4.78, 5) is 37.7. The molecular weight excluding hydrogens is 394 g/mol. The second-order valence-electron chi connectivity index (χ2n) is 7.25. The molecule has 0 spiro atoms. The Hall–Kier alpha value is -4.13. The van der Waals surface area contributed by atoms with Gasteiger partial charge in [0.2, 0.25) is 0 Å². The molecule has 1 aliphatic heterocycles. The monoisotopic (exact) mass is 415 g/mol. The van der Waals surface area contributed by atoms with Crippen LogP contribution in [0.25, 0.3) is 11.1 Å². The van der Waals surface area contributed by atoms with Crippen LogP contribution in [0.4, 0.5) is 4.79 Å². The van der Waals surface area contributed by atoms with Gasteiger partial charge in [0.15, 0.2) is 6.61 Å². The van der Waals surface area contributed by atoms with Gasteiger partial charge < -0.3 is 10.1 Å². The van der Waals surface area contributed by atoms with E-state index in [9.17, 15) is 14.4 Å². The fraction of sp³-hybridized carbons (Fsp3) is 0.125. The predicted molar refractivity (Wildman–Crippen MR) is 115 cm³/mol. The van der Waals surface area contributed by atoms with Gasteiger partial charge in [-0.1, -0.05) is 78.9 Å². The Morgan fingerprint density at radius 1 is 0.935 bits per heavy atom. The Labute approximate surface area is 179 Å². The molecule has 0 aliphatic carbocycles. The zero-order valence-electron chi connectivity index (χ0n) is 16.9. The largest absolute Gasteiger partial charge is 0.483 e. The lowest BCUT2D eigenvalue weighted by Crippen LogP contribution is -2.49. The molecule has 1 atom stereocenters. The molecule has 1 aliphatic rings. The van der Waals surface area contributed by atoms with Crippen molar-refractivity contribution in [2.75, 3.05) is 6.61 Å². The zero-order valence-corrected chi connectivity index (χ0v) is 16.9. The van der Waals surface area contributed by atoms with Crippen molar-refractivity contribution in [3.05, 3.63) is 90.5 Å². The van der Waals surface area contributed by atoms with Crippen LogP contribution in [0.1, 0.15) is 12.5 Å². The van der Waals surface area contributed by atoms with E-state index in [0.717, 1.165) is 11.1 Å². The molecule has 0 unspecified atom stereocenters. The van der Waals surface area contributed by atoms with Gasteiger partial charge in [0.25, 0.3) is 11.8 Å². The molecule has 0 saturated carbocycles. The van der Waals surface area contributed by atoms with Gasteiger partial charge in [-0.25, -0.2) is 4.79 Å². The van der Waals surface area contributed by atoms with Gasteiger partial charge in [-0.15, -0.1) is 0 Å². The maximum atomic E-state index is 12.9. The second kappa shape index (κ2) is 8.31. The first-order chi connectivity index (χ1) is 15.0. The minimum Gasteiger partial charge on any atom is -0.483 e. The molecule has 4 amide bonds. The average Bonchev–Trinajstić information content (AvgIpc) is 3.03. The summed E-state index contributed by atoms with van der Waals surface area (Å²) < 4.78 is 5.69. The third kappa shape index (κ3) is 3.98. The average molecular weight is 415 g/mol. The molecule has 0 bridgehead atoms. The van der Waals surface area contributed by atoms with Gasteiger partial charge >= 0.3 is 6.03 Å². The van der Waals surface area contributed by atoms with Gasteiger partial charge in [-0.05, 0) is 24.1 Å². The lowest BCUT2D eigenvalue weighted by Gasteiger charge is -2.22. The summed E-state index contributed by atoms with van der Waals surface area (Å²) in [6, 6.07) is 25.1. The van der Waals surface area contributed by atoms with E-state index in [1.54, 1.807) is 37.3 Å². The summed E-state index contributed by atoms with van der Waals surface area (Å²) >= 11 is 0. The van der Waals surface area contributed by atoms with Crippen LogP contribution < -0.4 is 15.5 Å². The molecule has 2 N–H and O–H groups in total. The molecule has 7 nitrogen and oxygen atoms in total. The lowest BCUT2D eigenvalue weighted by molar-refractivity contribution is -0.139. The van der Waals surface area contributed by atoms with Crippen LogP contribution in [0.15, 0.2) is 84.9 Å². The standard InChI is InChI=1S/C24H21N3O4/c1-24(18-12-6-3-7-13-18)22(29)27(23(30)25-24)26-21(28)16-31-20-15-9-8-14-19(20)17-10-4-2-5-11-17/h2-15H,16H2,1H3,(H,25,30)(H,26,28)/t24-/m0/s1. The van der Waals surface area contributed by atoms with Crippen molar-refractivity contribution in [2.45, 2.75) is 12.5 Å². The Bertz CT molecular complexity index is 1120. The number of para-hydroxylation sites is 1. The maximum absolute atomic E-state index is 12.9. The number of rotatable bonds is 6. The van der Waals surface area contributed by atoms with Crippen molar-refractivity contribution < 1.29 is 19.1 Å². The molecule has 1 heterocycles. The van der Waals surface area contributed by atoms with Gasteiger partial charge in [0.1, 0.15) is 11.3 Å². The normalized spacial score (nSPS) is 17.9. The summed E-state index contributed by atoms with van der Waals surface area (Å²) in [5, 5.41) is 3.33. The molecule has 31 heavy (non-hydrogen) atoms. The number of hydrogen-bond donors (Lipinski definition) is 2. The molecule has 3 aromatic carbocycles. The number of urea groups is 1. The molecular formula is C24H21N3O4. The van der Waals surface area contributed by atoms with Gasteiger partial charge in [0, 0.05) is 5.56 Å².